The van der Waals surface area contributed by atoms with Crippen molar-refractivity contribution in [2.45, 2.75) is 26.9 Å². The molecule has 2 aromatic heterocycles. The minimum absolute atomic E-state index is 0.207. The van der Waals surface area contributed by atoms with Crippen LogP contribution in [0.1, 0.15) is 24.2 Å². The molecule has 146 valence electrons. The lowest BCUT2D eigenvalue weighted by atomic mass is 10.2. The van der Waals surface area contributed by atoms with Crippen molar-refractivity contribution in [2.24, 2.45) is 0 Å². The zero-order chi connectivity index (χ0) is 20.3. The number of para-hydroxylation sites is 1. The SMILES string of the molecule is CCOC(=O)c1ccccc1NC(=O)Cn1c(=O)n(CC)c(=O)c2sccc21. The van der Waals surface area contributed by atoms with Crippen LogP contribution in [0.5, 0.6) is 0 Å². The summed E-state index contributed by atoms with van der Waals surface area (Å²) in [4.78, 5) is 49.7. The number of amides is 1. The van der Waals surface area contributed by atoms with Crippen molar-refractivity contribution in [3.8, 4) is 0 Å². The van der Waals surface area contributed by atoms with Crippen LogP contribution in [-0.2, 0) is 22.6 Å². The number of thiophene rings is 1. The monoisotopic (exact) mass is 401 g/mol. The first-order chi connectivity index (χ1) is 13.5. The number of hydrogen-bond acceptors (Lipinski definition) is 6. The maximum Gasteiger partial charge on any atom is 0.340 e. The summed E-state index contributed by atoms with van der Waals surface area (Å²) < 4.78 is 7.77. The molecular weight excluding hydrogens is 382 g/mol. The predicted molar refractivity (Wildman–Crippen MR) is 107 cm³/mol. The van der Waals surface area contributed by atoms with Gasteiger partial charge in [-0.1, -0.05) is 12.1 Å². The molecule has 1 aromatic carbocycles. The average molecular weight is 401 g/mol. The number of aromatic nitrogens is 2. The highest BCUT2D eigenvalue weighted by atomic mass is 32.1. The van der Waals surface area contributed by atoms with Gasteiger partial charge in [0.2, 0.25) is 5.91 Å². The van der Waals surface area contributed by atoms with Crippen LogP contribution in [0.2, 0.25) is 0 Å². The Morgan fingerprint density at radius 1 is 1.11 bits per heavy atom. The molecule has 3 rings (SSSR count). The average Bonchev–Trinajstić information content (AvgIpc) is 3.16. The Bertz CT molecular complexity index is 1160. The lowest BCUT2D eigenvalue weighted by Gasteiger charge is -2.13. The summed E-state index contributed by atoms with van der Waals surface area (Å²) in [6.07, 6.45) is 0. The van der Waals surface area contributed by atoms with E-state index in [4.69, 9.17) is 4.74 Å². The third-order valence-electron chi connectivity index (χ3n) is 4.15. The van der Waals surface area contributed by atoms with Crippen LogP contribution in [0.3, 0.4) is 0 Å². The third kappa shape index (κ3) is 3.61. The largest absolute Gasteiger partial charge is 0.462 e. The number of fused-ring (bicyclic) bond motifs is 1. The second-order valence-corrected chi connectivity index (χ2v) is 6.78. The molecule has 0 aliphatic heterocycles. The number of rotatable bonds is 6. The molecule has 1 N–H and O–H groups in total. The van der Waals surface area contributed by atoms with Crippen molar-refractivity contribution >= 4 is 39.1 Å². The van der Waals surface area contributed by atoms with Crippen LogP contribution < -0.4 is 16.6 Å². The number of esters is 1. The van der Waals surface area contributed by atoms with E-state index >= 15 is 0 Å². The van der Waals surface area contributed by atoms with Gasteiger partial charge in [0.15, 0.2) is 0 Å². The molecule has 9 heteroatoms. The summed E-state index contributed by atoms with van der Waals surface area (Å²) in [6, 6.07) is 8.12. The van der Waals surface area contributed by atoms with E-state index in [1.165, 1.54) is 15.9 Å². The Morgan fingerprint density at radius 2 is 1.86 bits per heavy atom. The molecule has 0 aliphatic carbocycles. The van der Waals surface area contributed by atoms with Crippen LogP contribution in [0.4, 0.5) is 5.69 Å². The Morgan fingerprint density at radius 3 is 2.57 bits per heavy atom. The van der Waals surface area contributed by atoms with E-state index in [9.17, 15) is 19.2 Å². The fraction of sp³-hybridized carbons (Fsp3) is 0.263. The van der Waals surface area contributed by atoms with Crippen LogP contribution in [0.15, 0.2) is 45.3 Å². The Labute approximate surface area is 164 Å². The van der Waals surface area contributed by atoms with Crippen molar-refractivity contribution in [1.29, 1.82) is 0 Å². The van der Waals surface area contributed by atoms with Crippen LogP contribution >= 0.6 is 11.3 Å². The Balaban J connectivity index is 1.94. The fourth-order valence-corrected chi connectivity index (χ4v) is 3.72. The van der Waals surface area contributed by atoms with Gasteiger partial charge in [0.05, 0.1) is 23.4 Å². The highest BCUT2D eigenvalue weighted by Gasteiger charge is 2.18. The molecule has 0 bridgehead atoms. The molecule has 0 saturated carbocycles. The second kappa shape index (κ2) is 8.22. The predicted octanol–water partition coefficient (Wildman–Crippen LogP) is 2.06. The summed E-state index contributed by atoms with van der Waals surface area (Å²) in [5.74, 6) is -1.04. The van der Waals surface area contributed by atoms with Gasteiger partial charge in [-0.2, -0.15) is 0 Å². The highest BCUT2D eigenvalue weighted by molar-refractivity contribution is 7.17. The number of carbonyl (C=O) groups is 2. The van der Waals surface area contributed by atoms with Crippen molar-refractivity contribution < 1.29 is 14.3 Å². The van der Waals surface area contributed by atoms with E-state index in [0.29, 0.717) is 15.9 Å². The molecule has 0 saturated heterocycles. The van der Waals surface area contributed by atoms with Crippen molar-refractivity contribution in [1.82, 2.24) is 9.13 Å². The number of hydrogen-bond donors (Lipinski definition) is 1. The molecule has 0 fully saturated rings. The first-order valence-electron chi connectivity index (χ1n) is 8.74. The number of carbonyl (C=O) groups excluding carboxylic acids is 2. The van der Waals surface area contributed by atoms with Gasteiger partial charge in [0.1, 0.15) is 11.2 Å². The van der Waals surface area contributed by atoms with E-state index in [0.717, 1.165) is 4.57 Å². The number of nitrogens with one attached hydrogen (secondary N) is 1. The second-order valence-electron chi connectivity index (χ2n) is 5.87. The van der Waals surface area contributed by atoms with Gasteiger partial charge in [0.25, 0.3) is 5.56 Å². The van der Waals surface area contributed by atoms with E-state index < -0.39 is 17.6 Å². The van der Waals surface area contributed by atoms with Gasteiger partial charge in [-0.05, 0) is 37.4 Å². The van der Waals surface area contributed by atoms with E-state index in [1.54, 1.807) is 49.6 Å². The van der Waals surface area contributed by atoms with E-state index in [2.05, 4.69) is 5.32 Å². The highest BCUT2D eigenvalue weighted by Crippen LogP contribution is 2.18. The van der Waals surface area contributed by atoms with Crippen LogP contribution in [0, 0.1) is 0 Å². The van der Waals surface area contributed by atoms with Gasteiger partial charge in [0, 0.05) is 6.54 Å². The molecule has 0 atom stereocenters. The molecule has 28 heavy (non-hydrogen) atoms. The normalized spacial score (nSPS) is 10.8. The molecule has 3 aromatic rings. The molecular formula is C19H19N3O5S. The standard InChI is InChI=1S/C19H19N3O5S/c1-3-21-17(24)16-14(9-10-28-16)22(19(21)26)11-15(23)20-13-8-6-5-7-12(13)18(25)27-4-2/h5-10H,3-4,11H2,1-2H3,(H,20,23). The lowest BCUT2D eigenvalue weighted by Crippen LogP contribution is -2.41. The number of ether oxygens (including phenoxy) is 1. The molecule has 2 heterocycles. The molecule has 0 spiro atoms. The van der Waals surface area contributed by atoms with Gasteiger partial charge in [-0.25, -0.2) is 9.59 Å². The number of nitrogens with zero attached hydrogens (tertiary/aromatic N) is 2. The first-order valence-corrected chi connectivity index (χ1v) is 9.62. The first kappa shape index (κ1) is 19.6. The van der Waals surface area contributed by atoms with Crippen LogP contribution in [0.25, 0.3) is 10.2 Å². The molecule has 0 aliphatic rings. The lowest BCUT2D eigenvalue weighted by molar-refractivity contribution is -0.116. The number of anilines is 1. The fourth-order valence-electron chi connectivity index (χ4n) is 2.88. The van der Waals surface area contributed by atoms with Crippen molar-refractivity contribution in [2.75, 3.05) is 11.9 Å². The minimum Gasteiger partial charge on any atom is -0.462 e. The van der Waals surface area contributed by atoms with Crippen molar-refractivity contribution in [3.63, 3.8) is 0 Å². The summed E-state index contributed by atoms with van der Waals surface area (Å²) in [7, 11) is 0. The third-order valence-corrected chi connectivity index (χ3v) is 5.04. The van der Waals surface area contributed by atoms with Gasteiger partial charge >= 0.3 is 11.7 Å². The molecule has 8 nitrogen and oxygen atoms in total. The van der Waals surface area contributed by atoms with Gasteiger partial charge < -0.3 is 10.1 Å². The quantitative estimate of drug-likeness (QED) is 0.638. The van der Waals surface area contributed by atoms with E-state index in [1.807, 2.05) is 0 Å². The molecule has 0 unspecified atom stereocenters. The summed E-state index contributed by atoms with van der Waals surface area (Å²) >= 11 is 1.22. The minimum atomic E-state index is -0.549. The van der Waals surface area contributed by atoms with E-state index in [-0.39, 0.29) is 30.8 Å². The Kier molecular flexibility index (Phi) is 5.74. The topological polar surface area (TPSA) is 99.4 Å². The van der Waals surface area contributed by atoms with Crippen molar-refractivity contribution in [3.05, 3.63) is 62.1 Å². The maximum absolute atomic E-state index is 12.7. The molecule has 0 radical (unpaired) electrons. The van der Waals surface area contributed by atoms with Crippen LogP contribution in [-0.4, -0.2) is 27.6 Å². The summed E-state index contributed by atoms with van der Waals surface area (Å²) in [5, 5.41) is 4.36. The smallest absolute Gasteiger partial charge is 0.340 e. The molecule has 1 amide bonds. The van der Waals surface area contributed by atoms with Gasteiger partial charge in [-0.3, -0.25) is 18.7 Å². The Hall–Kier alpha value is -3.20. The zero-order valence-corrected chi connectivity index (χ0v) is 16.2. The number of benzene rings is 1. The maximum atomic E-state index is 12.7. The van der Waals surface area contributed by atoms with Gasteiger partial charge in [-0.15, -0.1) is 11.3 Å². The summed E-state index contributed by atoms with van der Waals surface area (Å²) in [6.45, 7) is 3.52. The zero-order valence-electron chi connectivity index (χ0n) is 15.4. The summed E-state index contributed by atoms with van der Waals surface area (Å²) in [5.41, 5.74) is 0.0289.